The Kier molecular flexibility index (Phi) is 4.43. The van der Waals surface area contributed by atoms with Gasteiger partial charge in [-0.2, -0.15) is 17.0 Å². The molecule has 0 unspecified atom stereocenters. The number of nitrogens with zero attached hydrogens (tertiary/aromatic N) is 3. The van der Waals surface area contributed by atoms with Gasteiger partial charge in [0, 0.05) is 45.0 Å². The summed E-state index contributed by atoms with van der Waals surface area (Å²) in [5.74, 6) is 0. The molecule has 0 amide bonds. The lowest BCUT2D eigenvalue weighted by molar-refractivity contribution is 0.343. The second-order valence-corrected chi connectivity index (χ2v) is 8.15. The maximum atomic E-state index is 12.6. The van der Waals surface area contributed by atoms with E-state index in [4.69, 9.17) is 0 Å². The molecule has 0 N–H and O–H groups in total. The van der Waals surface area contributed by atoms with Crippen LogP contribution in [0.25, 0.3) is 0 Å². The van der Waals surface area contributed by atoms with Gasteiger partial charge in [-0.05, 0) is 43.9 Å². The molecule has 2 saturated heterocycles. The third-order valence-electron chi connectivity index (χ3n) is 4.87. The van der Waals surface area contributed by atoms with E-state index in [0.717, 1.165) is 25.9 Å². The fourth-order valence-electron chi connectivity index (χ4n) is 3.32. The first-order valence-corrected chi connectivity index (χ1v) is 9.46. The lowest BCUT2D eigenvalue weighted by Gasteiger charge is -2.37. The minimum atomic E-state index is -3.25. The highest BCUT2D eigenvalue weighted by Gasteiger charge is 2.33. The Hall–Kier alpha value is -1.11. The Labute approximate surface area is 133 Å². The molecule has 0 aromatic heterocycles. The van der Waals surface area contributed by atoms with Gasteiger partial charge in [-0.25, -0.2) is 0 Å². The maximum Gasteiger partial charge on any atom is 0.282 e. The average Bonchev–Trinajstić information content (AvgIpc) is 3.05. The molecule has 0 aliphatic carbocycles. The van der Waals surface area contributed by atoms with Crippen molar-refractivity contribution in [3.63, 3.8) is 0 Å². The molecule has 122 valence electrons. The number of aryl methyl sites for hydroxylation is 1. The van der Waals surface area contributed by atoms with Crippen molar-refractivity contribution < 1.29 is 8.42 Å². The molecule has 0 atom stereocenters. The molecular formula is C16H25N3O2S. The fourth-order valence-corrected chi connectivity index (χ4v) is 4.99. The van der Waals surface area contributed by atoms with E-state index in [1.165, 1.54) is 16.8 Å². The van der Waals surface area contributed by atoms with E-state index in [0.29, 0.717) is 26.2 Å². The van der Waals surface area contributed by atoms with Crippen LogP contribution in [0.4, 0.5) is 5.69 Å². The Morgan fingerprint density at radius 1 is 0.864 bits per heavy atom. The van der Waals surface area contributed by atoms with Crippen molar-refractivity contribution in [2.45, 2.75) is 26.7 Å². The molecule has 0 bridgehead atoms. The lowest BCUT2D eigenvalue weighted by Crippen LogP contribution is -2.52. The number of anilines is 1. The van der Waals surface area contributed by atoms with Gasteiger partial charge >= 0.3 is 0 Å². The molecule has 2 aliphatic rings. The summed E-state index contributed by atoms with van der Waals surface area (Å²) in [6.07, 6.45) is 1.98. The zero-order valence-electron chi connectivity index (χ0n) is 13.5. The van der Waals surface area contributed by atoms with Gasteiger partial charge in [-0.3, -0.25) is 0 Å². The maximum absolute atomic E-state index is 12.6. The number of hydrogen-bond acceptors (Lipinski definition) is 3. The molecule has 6 heteroatoms. The molecule has 0 spiro atoms. The summed E-state index contributed by atoms with van der Waals surface area (Å²) in [5.41, 5.74) is 3.81. The second kappa shape index (κ2) is 6.18. The first-order valence-electron chi connectivity index (χ1n) is 8.06. The third kappa shape index (κ3) is 2.87. The molecule has 2 fully saturated rings. The summed E-state index contributed by atoms with van der Waals surface area (Å²) in [6.45, 7) is 8.29. The largest absolute Gasteiger partial charge is 0.369 e. The Bertz CT molecular complexity index is 631. The molecule has 0 saturated carbocycles. The van der Waals surface area contributed by atoms with Crippen LogP contribution in [0, 0.1) is 13.8 Å². The Balaban J connectivity index is 1.69. The standard InChI is InChI=1S/C16H25N3O2S/c1-14-6-5-7-16(15(14)2)17-10-12-19(13-11-17)22(20,21)18-8-3-4-9-18/h5-7H,3-4,8-13H2,1-2H3. The predicted molar refractivity (Wildman–Crippen MR) is 89.4 cm³/mol. The summed E-state index contributed by atoms with van der Waals surface area (Å²) in [4.78, 5) is 2.30. The van der Waals surface area contributed by atoms with Crippen molar-refractivity contribution in [1.82, 2.24) is 8.61 Å². The highest BCUT2D eigenvalue weighted by atomic mass is 32.2. The molecule has 3 rings (SSSR count). The predicted octanol–water partition coefficient (Wildman–Crippen LogP) is 1.77. The van der Waals surface area contributed by atoms with Crippen molar-refractivity contribution >= 4 is 15.9 Å². The smallest absolute Gasteiger partial charge is 0.282 e. The van der Waals surface area contributed by atoms with E-state index >= 15 is 0 Å². The molecule has 22 heavy (non-hydrogen) atoms. The number of benzene rings is 1. The molecule has 1 aromatic carbocycles. The second-order valence-electron chi connectivity index (χ2n) is 6.22. The van der Waals surface area contributed by atoms with Crippen LogP contribution in [-0.4, -0.2) is 56.3 Å². The average molecular weight is 323 g/mol. The topological polar surface area (TPSA) is 43.9 Å². The monoisotopic (exact) mass is 323 g/mol. The van der Waals surface area contributed by atoms with E-state index < -0.39 is 10.2 Å². The summed E-state index contributed by atoms with van der Waals surface area (Å²) in [7, 11) is -3.25. The molecule has 2 heterocycles. The Morgan fingerprint density at radius 2 is 1.45 bits per heavy atom. The molecule has 2 aliphatic heterocycles. The Morgan fingerprint density at radius 3 is 2.09 bits per heavy atom. The molecular weight excluding hydrogens is 298 g/mol. The van der Waals surface area contributed by atoms with Gasteiger partial charge in [-0.1, -0.05) is 12.1 Å². The van der Waals surface area contributed by atoms with Crippen molar-refractivity contribution in [1.29, 1.82) is 0 Å². The first kappa shape index (κ1) is 15.8. The third-order valence-corrected chi connectivity index (χ3v) is 6.91. The first-order chi connectivity index (χ1) is 10.5. The van der Waals surface area contributed by atoms with Crippen molar-refractivity contribution in [3.05, 3.63) is 29.3 Å². The van der Waals surface area contributed by atoms with Crippen molar-refractivity contribution in [3.8, 4) is 0 Å². The van der Waals surface area contributed by atoms with E-state index in [-0.39, 0.29) is 0 Å². The van der Waals surface area contributed by atoms with Crippen LogP contribution in [0.15, 0.2) is 18.2 Å². The van der Waals surface area contributed by atoms with Crippen molar-refractivity contribution in [2.75, 3.05) is 44.2 Å². The van der Waals surface area contributed by atoms with Crippen LogP contribution in [0.5, 0.6) is 0 Å². The molecule has 5 nitrogen and oxygen atoms in total. The van der Waals surface area contributed by atoms with E-state index in [9.17, 15) is 8.42 Å². The number of hydrogen-bond donors (Lipinski definition) is 0. The van der Waals surface area contributed by atoms with Crippen LogP contribution in [-0.2, 0) is 10.2 Å². The normalized spacial score (nSPS) is 21.5. The summed E-state index contributed by atoms with van der Waals surface area (Å²) >= 11 is 0. The van der Waals surface area contributed by atoms with Gasteiger partial charge in [0.05, 0.1) is 0 Å². The highest BCUT2D eigenvalue weighted by molar-refractivity contribution is 7.86. The number of piperazine rings is 1. The van der Waals surface area contributed by atoms with Gasteiger partial charge in [0.25, 0.3) is 10.2 Å². The minimum Gasteiger partial charge on any atom is -0.369 e. The summed E-state index contributed by atoms with van der Waals surface area (Å²) in [5, 5.41) is 0. The number of rotatable bonds is 3. The quantitative estimate of drug-likeness (QED) is 0.851. The van der Waals surface area contributed by atoms with Gasteiger partial charge in [-0.15, -0.1) is 0 Å². The zero-order valence-corrected chi connectivity index (χ0v) is 14.3. The van der Waals surface area contributed by atoms with Crippen LogP contribution >= 0.6 is 0 Å². The fraction of sp³-hybridized carbons (Fsp3) is 0.625. The molecule has 0 radical (unpaired) electrons. The van der Waals surface area contributed by atoms with E-state index in [1.807, 2.05) is 0 Å². The zero-order chi connectivity index (χ0) is 15.7. The van der Waals surface area contributed by atoms with Crippen LogP contribution in [0.1, 0.15) is 24.0 Å². The van der Waals surface area contributed by atoms with Crippen LogP contribution in [0.3, 0.4) is 0 Å². The molecule has 1 aromatic rings. The summed E-state index contributed by atoms with van der Waals surface area (Å²) in [6, 6.07) is 6.32. The van der Waals surface area contributed by atoms with Gasteiger partial charge in [0.1, 0.15) is 0 Å². The lowest BCUT2D eigenvalue weighted by atomic mass is 10.1. The van der Waals surface area contributed by atoms with Crippen LogP contribution < -0.4 is 4.90 Å². The SMILES string of the molecule is Cc1cccc(N2CCN(S(=O)(=O)N3CCCC3)CC2)c1C. The van der Waals surface area contributed by atoms with Gasteiger partial charge in [0.2, 0.25) is 0 Å². The van der Waals surface area contributed by atoms with Crippen molar-refractivity contribution in [2.24, 2.45) is 0 Å². The highest BCUT2D eigenvalue weighted by Crippen LogP contribution is 2.25. The van der Waals surface area contributed by atoms with Crippen LogP contribution in [0.2, 0.25) is 0 Å². The van der Waals surface area contributed by atoms with Gasteiger partial charge < -0.3 is 4.90 Å². The van der Waals surface area contributed by atoms with E-state index in [2.05, 4.69) is 36.9 Å². The van der Waals surface area contributed by atoms with Gasteiger partial charge in [0.15, 0.2) is 0 Å². The minimum absolute atomic E-state index is 0.576. The van der Waals surface area contributed by atoms with E-state index in [1.54, 1.807) is 8.61 Å². The summed E-state index contributed by atoms with van der Waals surface area (Å²) < 4.78 is 28.5.